The molecule has 0 aliphatic carbocycles. The van der Waals surface area contributed by atoms with E-state index < -0.39 is 10.0 Å². The van der Waals surface area contributed by atoms with Gasteiger partial charge >= 0.3 is 0 Å². The van der Waals surface area contributed by atoms with Crippen LogP contribution >= 0.6 is 0 Å². The van der Waals surface area contributed by atoms with Crippen molar-refractivity contribution in [3.8, 4) is 0 Å². The summed E-state index contributed by atoms with van der Waals surface area (Å²) in [7, 11) is -3.19. The van der Waals surface area contributed by atoms with Gasteiger partial charge in [0.2, 0.25) is 10.0 Å². The Kier molecular flexibility index (Phi) is 3.51. The lowest BCUT2D eigenvalue weighted by molar-refractivity contribution is 0.189. The standard InChI is InChI=1S/C12H17NO3S/c1-9-3-5-10(6-4-9)11-7-16-8-12(11)13-17(2,14)15/h3-6,11-13H,7-8H2,1-2H3. The Morgan fingerprint density at radius 1 is 1.24 bits per heavy atom. The fourth-order valence-electron chi connectivity index (χ4n) is 2.09. The minimum Gasteiger partial charge on any atom is -0.379 e. The van der Waals surface area contributed by atoms with Crippen LogP contribution < -0.4 is 4.72 Å². The van der Waals surface area contributed by atoms with Gasteiger partial charge in [-0.1, -0.05) is 29.8 Å². The second-order valence-corrected chi connectivity index (χ2v) is 6.33. The van der Waals surface area contributed by atoms with Crippen LogP contribution in [0.3, 0.4) is 0 Å². The fraction of sp³-hybridized carbons (Fsp3) is 0.500. The van der Waals surface area contributed by atoms with Crippen LogP contribution in [0.15, 0.2) is 24.3 Å². The molecular formula is C12H17NO3S. The van der Waals surface area contributed by atoms with Gasteiger partial charge in [-0.05, 0) is 12.5 Å². The van der Waals surface area contributed by atoms with E-state index in [1.54, 1.807) is 0 Å². The van der Waals surface area contributed by atoms with E-state index in [0.29, 0.717) is 13.2 Å². The monoisotopic (exact) mass is 255 g/mol. The molecule has 1 N–H and O–H groups in total. The molecule has 1 aliphatic heterocycles. The third-order valence-electron chi connectivity index (χ3n) is 2.95. The molecule has 2 atom stereocenters. The van der Waals surface area contributed by atoms with Gasteiger partial charge in [-0.2, -0.15) is 0 Å². The van der Waals surface area contributed by atoms with Gasteiger partial charge in [-0.25, -0.2) is 13.1 Å². The van der Waals surface area contributed by atoms with Crippen LogP contribution in [0.25, 0.3) is 0 Å². The molecule has 1 aromatic carbocycles. The largest absolute Gasteiger partial charge is 0.379 e. The van der Waals surface area contributed by atoms with E-state index in [0.717, 1.165) is 5.56 Å². The van der Waals surface area contributed by atoms with E-state index in [1.165, 1.54) is 11.8 Å². The van der Waals surface area contributed by atoms with Crippen molar-refractivity contribution in [1.29, 1.82) is 0 Å². The van der Waals surface area contributed by atoms with Gasteiger partial charge in [0.15, 0.2) is 0 Å². The topological polar surface area (TPSA) is 55.4 Å². The number of nitrogens with one attached hydrogen (secondary N) is 1. The molecule has 5 heteroatoms. The molecule has 0 saturated carbocycles. The van der Waals surface area contributed by atoms with E-state index in [-0.39, 0.29) is 12.0 Å². The van der Waals surface area contributed by atoms with Crippen LogP contribution in [0.5, 0.6) is 0 Å². The fourth-order valence-corrected chi connectivity index (χ4v) is 2.87. The van der Waals surface area contributed by atoms with Crippen molar-refractivity contribution in [1.82, 2.24) is 4.72 Å². The predicted octanol–water partition coefficient (Wildman–Crippen LogP) is 1.03. The molecule has 94 valence electrons. The third-order valence-corrected chi connectivity index (χ3v) is 3.68. The lowest BCUT2D eigenvalue weighted by atomic mass is 9.94. The van der Waals surface area contributed by atoms with E-state index in [1.807, 2.05) is 31.2 Å². The highest BCUT2D eigenvalue weighted by atomic mass is 32.2. The Hall–Kier alpha value is -0.910. The van der Waals surface area contributed by atoms with E-state index in [2.05, 4.69) is 4.72 Å². The quantitative estimate of drug-likeness (QED) is 0.877. The first-order chi connectivity index (χ1) is 7.96. The summed E-state index contributed by atoms with van der Waals surface area (Å²) in [4.78, 5) is 0. The number of rotatable bonds is 3. The maximum atomic E-state index is 11.3. The average molecular weight is 255 g/mol. The van der Waals surface area contributed by atoms with Crippen LogP contribution in [0.4, 0.5) is 0 Å². The summed E-state index contributed by atoms with van der Waals surface area (Å²) in [6.45, 7) is 3.03. The van der Waals surface area contributed by atoms with Gasteiger partial charge in [0.05, 0.1) is 25.5 Å². The highest BCUT2D eigenvalue weighted by molar-refractivity contribution is 7.88. The minimum absolute atomic E-state index is 0.102. The van der Waals surface area contributed by atoms with Gasteiger partial charge in [0.1, 0.15) is 0 Å². The Morgan fingerprint density at radius 3 is 2.47 bits per heavy atom. The molecule has 1 fully saturated rings. The lowest BCUT2D eigenvalue weighted by Gasteiger charge is -2.18. The third kappa shape index (κ3) is 3.28. The van der Waals surface area contributed by atoms with Crippen molar-refractivity contribution >= 4 is 10.0 Å². The molecule has 0 spiro atoms. The molecule has 2 unspecified atom stereocenters. The molecule has 0 aromatic heterocycles. The lowest BCUT2D eigenvalue weighted by Crippen LogP contribution is -2.38. The normalized spacial score (nSPS) is 25.1. The summed E-state index contributed by atoms with van der Waals surface area (Å²) in [5.74, 6) is 0.102. The molecule has 1 aliphatic rings. The summed E-state index contributed by atoms with van der Waals surface area (Å²) in [5, 5.41) is 0. The molecular weight excluding hydrogens is 238 g/mol. The molecule has 2 rings (SSSR count). The van der Waals surface area contributed by atoms with Crippen LogP contribution in [-0.4, -0.2) is 33.9 Å². The van der Waals surface area contributed by atoms with Gasteiger partial charge in [-0.15, -0.1) is 0 Å². The maximum absolute atomic E-state index is 11.3. The molecule has 1 heterocycles. The van der Waals surface area contributed by atoms with Crippen molar-refractivity contribution in [2.24, 2.45) is 0 Å². The summed E-state index contributed by atoms with van der Waals surface area (Å²) in [6.07, 6.45) is 1.18. The number of aryl methyl sites for hydroxylation is 1. The molecule has 0 amide bonds. The number of ether oxygens (including phenoxy) is 1. The Morgan fingerprint density at radius 2 is 1.88 bits per heavy atom. The van der Waals surface area contributed by atoms with Crippen molar-refractivity contribution in [2.45, 2.75) is 18.9 Å². The Bertz CT molecular complexity index is 481. The smallest absolute Gasteiger partial charge is 0.209 e. The summed E-state index contributed by atoms with van der Waals surface area (Å²) in [6, 6.07) is 7.97. The van der Waals surface area contributed by atoms with Gasteiger partial charge in [0.25, 0.3) is 0 Å². The number of hydrogen-bond acceptors (Lipinski definition) is 3. The van der Waals surface area contributed by atoms with E-state index in [4.69, 9.17) is 4.74 Å². The van der Waals surface area contributed by atoms with E-state index >= 15 is 0 Å². The zero-order valence-corrected chi connectivity index (χ0v) is 10.8. The molecule has 4 nitrogen and oxygen atoms in total. The summed E-state index contributed by atoms with van der Waals surface area (Å²) >= 11 is 0. The summed E-state index contributed by atoms with van der Waals surface area (Å²) in [5.41, 5.74) is 2.31. The highest BCUT2D eigenvalue weighted by Crippen LogP contribution is 2.26. The minimum atomic E-state index is -3.19. The van der Waals surface area contributed by atoms with Crippen LogP contribution in [0.1, 0.15) is 17.0 Å². The maximum Gasteiger partial charge on any atom is 0.209 e. The van der Waals surface area contributed by atoms with E-state index in [9.17, 15) is 8.42 Å². The van der Waals surface area contributed by atoms with Crippen LogP contribution in [0.2, 0.25) is 0 Å². The summed E-state index contributed by atoms with van der Waals surface area (Å²) < 4.78 is 30.5. The first-order valence-corrected chi connectivity index (χ1v) is 7.46. The molecule has 1 aromatic rings. The zero-order chi connectivity index (χ0) is 12.5. The first kappa shape index (κ1) is 12.5. The molecule has 1 saturated heterocycles. The number of sulfonamides is 1. The Labute approximate surface area is 102 Å². The average Bonchev–Trinajstić information content (AvgIpc) is 2.64. The zero-order valence-electron chi connectivity index (χ0n) is 10.0. The van der Waals surface area contributed by atoms with Crippen molar-refractivity contribution in [3.63, 3.8) is 0 Å². The second-order valence-electron chi connectivity index (χ2n) is 4.55. The van der Waals surface area contributed by atoms with Crippen LogP contribution in [0, 0.1) is 6.92 Å². The highest BCUT2D eigenvalue weighted by Gasteiger charge is 2.31. The molecule has 0 radical (unpaired) electrons. The molecule has 0 bridgehead atoms. The first-order valence-electron chi connectivity index (χ1n) is 5.57. The second kappa shape index (κ2) is 4.76. The van der Waals surface area contributed by atoms with Crippen molar-refractivity contribution in [3.05, 3.63) is 35.4 Å². The van der Waals surface area contributed by atoms with Crippen LogP contribution in [-0.2, 0) is 14.8 Å². The van der Waals surface area contributed by atoms with Crippen molar-refractivity contribution in [2.75, 3.05) is 19.5 Å². The van der Waals surface area contributed by atoms with Crippen molar-refractivity contribution < 1.29 is 13.2 Å². The molecule has 17 heavy (non-hydrogen) atoms. The van der Waals surface area contributed by atoms with Gasteiger partial charge in [-0.3, -0.25) is 0 Å². The SMILES string of the molecule is Cc1ccc(C2COCC2NS(C)(=O)=O)cc1. The number of benzene rings is 1. The predicted molar refractivity (Wildman–Crippen MR) is 66.5 cm³/mol. The Balaban J connectivity index is 2.17. The van der Waals surface area contributed by atoms with Gasteiger partial charge in [0, 0.05) is 5.92 Å². The number of hydrogen-bond donors (Lipinski definition) is 1. The van der Waals surface area contributed by atoms with Gasteiger partial charge < -0.3 is 4.74 Å².